The Balaban J connectivity index is 1.80. The molecule has 23 heavy (non-hydrogen) atoms. The maximum atomic E-state index is 12.1. The highest BCUT2D eigenvalue weighted by atomic mass is 16.2. The molecule has 3 rings (SSSR count). The Hall–Kier alpha value is -2.88. The lowest BCUT2D eigenvalue weighted by molar-refractivity contribution is 0.0955. The zero-order chi connectivity index (χ0) is 16.2. The summed E-state index contributed by atoms with van der Waals surface area (Å²) >= 11 is 0. The van der Waals surface area contributed by atoms with Crippen LogP contribution in [-0.2, 0) is 6.54 Å². The Labute approximate surface area is 135 Å². The number of fused-ring (bicyclic) bond motifs is 1. The van der Waals surface area contributed by atoms with E-state index in [1.807, 2.05) is 43.5 Å². The van der Waals surface area contributed by atoms with Gasteiger partial charge in [-0.3, -0.25) is 4.79 Å². The molecule has 1 aromatic heterocycles. The van der Waals surface area contributed by atoms with Gasteiger partial charge in [0.25, 0.3) is 5.91 Å². The summed E-state index contributed by atoms with van der Waals surface area (Å²) in [4.78, 5) is 12.1. The predicted molar refractivity (Wildman–Crippen MR) is 93.9 cm³/mol. The van der Waals surface area contributed by atoms with Crippen molar-refractivity contribution in [2.45, 2.75) is 20.4 Å². The Bertz CT molecular complexity index is 877. The molecule has 1 heterocycles. The average Bonchev–Trinajstić information content (AvgIpc) is 2.93. The van der Waals surface area contributed by atoms with Crippen molar-refractivity contribution in [2.24, 2.45) is 5.10 Å². The summed E-state index contributed by atoms with van der Waals surface area (Å²) < 4.78 is 2.17. The topological polar surface area (TPSA) is 46.4 Å². The summed E-state index contributed by atoms with van der Waals surface area (Å²) in [5.41, 5.74) is 6.41. The normalized spacial score (nSPS) is 11.2. The molecule has 0 saturated heterocycles. The predicted octanol–water partition coefficient (Wildman–Crippen LogP) is 3.73. The molecule has 0 saturated carbocycles. The van der Waals surface area contributed by atoms with Gasteiger partial charge >= 0.3 is 0 Å². The third-order valence-electron chi connectivity index (χ3n) is 3.81. The van der Waals surface area contributed by atoms with E-state index in [4.69, 9.17) is 0 Å². The van der Waals surface area contributed by atoms with Gasteiger partial charge < -0.3 is 4.57 Å². The second-order valence-electron chi connectivity index (χ2n) is 5.46. The molecule has 0 aliphatic heterocycles. The number of carbonyl (C=O) groups is 1. The standard InChI is InChI=1S/C19H19N3O/c1-3-22-13-16(17-9-4-5-10-18(17)22)12-20-21-19(23)15-8-6-7-14(2)11-15/h4-13H,3H2,1-2H3,(H,21,23)/b20-12-. The molecule has 0 aliphatic carbocycles. The van der Waals surface area contributed by atoms with Gasteiger partial charge in [-0.2, -0.15) is 5.10 Å². The molecule has 1 N–H and O–H groups in total. The number of carbonyl (C=O) groups excluding carboxylic acids is 1. The number of para-hydroxylation sites is 1. The molecule has 0 spiro atoms. The van der Waals surface area contributed by atoms with Crippen molar-refractivity contribution in [3.63, 3.8) is 0 Å². The number of hydrazone groups is 1. The van der Waals surface area contributed by atoms with Crippen LogP contribution >= 0.6 is 0 Å². The molecule has 3 aromatic rings. The highest BCUT2D eigenvalue weighted by Gasteiger charge is 2.06. The van der Waals surface area contributed by atoms with Crippen LogP contribution in [0.25, 0.3) is 10.9 Å². The van der Waals surface area contributed by atoms with E-state index in [9.17, 15) is 4.79 Å². The van der Waals surface area contributed by atoms with Crippen molar-refractivity contribution < 1.29 is 4.79 Å². The van der Waals surface area contributed by atoms with Gasteiger partial charge in [0.15, 0.2) is 0 Å². The molecule has 2 aromatic carbocycles. The maximum Gasteiger partial charge on any atom is 0.271 e. The minimum absolute atomic E-state index is 0.204. The van der Waals surface area contributed by atoms with E-state index in [0.717, 1.165) is 23.1 Å². The first-order chi connectivity index (χ1) is 11.2. The monoisotopic (exact) mass is 305 g/mol. The molecular weight excluding hydrogens is 286 g/mol. The molecule has 116 valence electrons. The number of aryl methyl sites for hydroxylation is 2. The largest absolute Gasteiger partial charge is 0.347 e. The Morgan fingerprint density at radius 2 is 2.04 bits per heavy atom. The molecule has 4 nitrogen and oxygen atoms in total. The molecular formula is C19H19N3O. The van der Waals surface area contributed by atoms with Crippen LogP contribution < -0.4 is 5.43 Å². The van der Waals surface area contributed by atoms with Gasteiger partial charge in [-0.15, -0.1) is 0 Å². The van der Waals surface area contributed by atoms with Crippen LogP contribution in [0.15, 0.2) is 59.8 Å². The third kappa shape index (κ3) is 3.16. The van der Waals surface area contributed by atoms with Gasteiger partial charge in [0.2, 0.25) is 0 Å². The summed E-state index contributed by atoms with van der Waals surface area (Å²) in [6, 6.07) is 15.6. The van der Waals surface area contributed by atoms with E-state index in [-0.39, 0.29) is 5.91 Å². The third-order valence-corrected chi connectivity index (χ3v) is 3.81. The van der Waals surface area contributed by atoms with Crippen molar-refractivity contribution in [1.82, 2.24) is 9.99 Å². The van der Waals surface area contributed by atoms with Crippen LogP contribution in [0.2, 0.25) is 0 Å². The minimum Gasteiger partial charge on any atom is -0.347 e. The fourth-order valence-electron chi connectivity index (χ4n) is 2.65. The first kappa shape index (κ1) is 15.0. The van der Waals surface area contributed by atoms with Crippen molar-refractivity contribution >= 4 is 23.0 Å². The fraction of sp³-hybridized carbons (Fsp3) is 0.158. The zero-order valence-corrected chi connectivity index (χ0v) is 13.3. The number of hydrogen-bond donors (Lipinski definition) is 1. The number of aromatic nitrogens is 1. The van der Waals surface area contributed by atoms with Crippen LogP contribution in [0.1, 0.15) is 28.4 Å². The number of nitrogens with one attached hydrogen (secondary N) is 1. The molecule has 0 atom stereocenters. The van der Waals surface area contributed by atoms with Gasteiger partial charge in [-0.1, -0.05) is 35.9 Å². The number of benzene rings is 2. The van der Waals surface area contributed by atoms with Crippen molar-refractivity contribution in [3.05, 3.63) is 71.4 Å². The summed E-state index contributed by atoms with van der Waals surface area (Å²) in [6.07, 6.45) is 3.75. The van der Waals surface area contributed by atoms with Crippen molar-refractivity contribution in [2.75, 3.05) is 0 Å². The molecule has 0 bridgehead atoms. The highest BCUT2D eigenvalue weighted by molar-refractivity contribution is 6.00. The van der Waals surface area contributed by atoms with Crippen molar-refractivity contribution in [3.8, 4) is 0 Å². The summed E-state index contributed by atoms with van der Waals surface area (Å²) in [6.45, 7) is 4.95. The van der Waals surface area contributed by atoms with E-state index in [1.165, 1.54) is 5.52 Å². The molecule has 0 radical (unpaired) electrons. The number of rotatable bonds is 4. The first-order valence-corrected chi connectivity index (χ1v) is 7.67. The van der Waals surface area contributed by atoms with E-state index >= 15 is 0 Å². The fourth-order valence-corrected chi connectivity index (χ4v) is 2.65. The quantitative estimate of drug-likeness (QED) is 0.579. The number of nitrogens with zero attached hydrogens (tertiary/aromatic N) is 2. The Morgan fingerprint density at radius 1 is 1.22 bits per heavy atom. The molecule has 0 fully saturated rings. The number of hydrogen-bond acceptors (Lipinski definition) is 2. The summed E-state index contributed by atoms with van der Waals surface area (Å²) in [7, 11) is 0. The van der Waals surface area contributed by atoms with Gasteiger partial charge in [-0.25, -0.2) is 5.43 Å². The molecule has 4 heteroatoms. The molecule has 1 amide bonds. The van der Waals surface area contributed by atoms with Gasteiger partial charge in [0, 0.05) is 34.8 Å². The second-order valence-corrected chi connectivity index (χ2v) is 5.46. The summed E-state index contributed by atoms with van der Waals surface area (Å²) in [5, 5.41) is 5.24. The van der Waals surface area contributed by atoms with Crippen LogP contribution in [0, 0.1) is 6.92 Å². The van der Waals surface area contributed by atoms with Crippen LogP contribution in [0.3, 0.4) is 0 Å². The molecule has 0 unspecified atom stereocenters. The SMILES string of the molecule is CCn1cc(/C=N\NC(=O)c2cccc(C)c2)c2ccccc21. The summed E-state index contributed by atoms with van der Waals surface area (Å²) in [5.74, 6) is -0.204. The minimum atomic E-state index is -0.204. The number of amides is 1. The van der Waals surface area contributed by atoms with E-state index < -0.39 is 0 Å². The smallest absolute Gasteiger partial charge is 0.271 e. The van der Waals surface area contributed by atoms with Gasteiger partial charge in [-0.05, 0) is 32.0 Å². The Kier molecular flexibility index (Phi) is 4.24. The zero-order valence-electron chi connectivity index (χ0n) is 13.3. The van der Waals surface area contributed by atoms with E-state index in [0.29, 0.717) is 5.56 Å². The highest BCUT2D eigenvalue weighted by Crippen LogP contribution is 2.19. The maximum absolute atomic E-state index is 12.1. The van der Waals surface area contributed by atoms with E-state index in [2.05, 4.69) is 34.2 Å². The first-order valence-electron chi connectivity index (χ1n) is 7.67. The average molecular weight is 305 g/mol. The van der Waals surface area contributed by atoms with Gasteiger partial charge in [0.1, 0.15) is 0 Å². The molecule has 0 aliphatic rings. The lowest BCUT2D eigenvalue weighted by Crippen LogP contribution is -2.17. The van der Waals surface area contributed by atoms with Crippen LogP contribution in [0.4, 0.5) is 0 Å². The van der Waals surface area contributed by atoms with Crippen molar-refractivity contribution in [1.29, 1.82) is 0 Å². The van der Waals surface area contributed by atoms with Crippen LogP contribution in [-0.4, -0.2) is 16.7 Å². The van der Waals surface area contributed by atoms with Crippen LogP contribution in [0.5, 0.6) is 0 Å². The second kappa shape index (κ2) is 6.48. The Morgan fingerprint density at radius 3 is 2.83 bits per heavy atom. The lowest BCUT2D eigenvalue weighted by atomic mass is 10.1. The van der Waals surface area contributed by atoms with E-state index in [1.54, 1.807) is 12.3 Å². The lowest BCUT2D eigenvalue weighted by Gasteiger charge is -2.00. The van der Waals surface area contributed by atoms with Gasteiger partial charge in [0.05, 0.1) is 6.21 Å².